The van der Waals surface area contributed by atoms with Crippen LogP contribution in [0, 0.1) is 6.07 Å². The first-order valence-corrected chi connectivity index (χ1v) is 8.91. The monoisotopic (exact) mass is 552 g/mol. The number of amides is 1. The number of carbonyl (C=O) groups excluding carboxylic acids is 1. The van der Waals surface area contributed by atoms with Crippen LogP contribution >= 0.6 is 0 Å². The molecule has 0 atom stereocenters. The van der Waals surface area contributed by atoms with Crippen LogP contribution in [-0.2, 0) is 31.9 Å². The first-order chi connectivity index (χ1) is 12.7. The minimum Gasteiger partial charge on any atom is -0.662 e. The smallest absolute Gasteiger partial charge is 0.662 e. The van der Waals surface area contributed by atoms with Crippen LogP contribution in [0.4, 0.5) is 0 Å². The Labute approximate surface area is 180 Å². The van der Waals surface area contributed by atoms with Crippen LogP contribution in [0.5, 0.6) is 0 Å². The summed E-state index contributed by atoms with van der Waals surface area (Å²) in [5.41, 5.74) is 10.5. The summed E-state index contributed by atoms with van der Waals surface area (Å²) in [4.78, 5) is 20.3. The fourth-order valence-corrected chi connectivity index (χ4v) is 3.12. The summed E-state index contributed by atoms with van der Waals surface area (Å²) in [7, 11) is 0. The standard InChI is InChI=1S/C23H24N3O.Pt/c1-22(2,19-12-5-6-14-25-19)16-9-7-10-17(15-16)23(3,4)20-13-8-11-18(26-20)21(24)27;/h5-14H,1-4H3,(H2,24,27);/q-1;+2/p-1. The van der Waals surface area contributed by atoms with Gasteiger partial charge in [0.05, 0.1) is 11.6 Å². The summed E-state index contributed by atoms with van der Waals surface area (Å²) < 4.78 is 0. The van der Waals surface area contributed by atoms with Crippen LogP contribution in [0.15, 0.2) is 60.8 Å². The maximum Gasteiger partial charge on any atom is 2.00 e. The fraction of sp³-hybridized carbons (Fsp3) is 0.261. The Morgan fingerprint density at radius 3 is 2.00 bits per heavy atom. The molecule has 1 N–H and O–H groups in total. The molecule has 2 aromatic heterocycles. The first kappa shape index (κ1) is 22.0. The average Bonchev–Trinajstić information content (AvgIpc) is 2.69. The molecule has 0 unspecified atom stereocenters. The second kappa shape index (κ2) is 8.36. The van der Waals surface area contributed by atoms with Gasteiger partial charge < -0.3 is 10.5 Å². The van der Waals surface area contributed by atoms with Gasteiger partial charge in [0, 0.05) is 28.4 Å². The van der Waals surface area contributed by atoms with Gasteiger partial charge in [-0.15, -0.1) is 0 Å². The number of nitrogens with one attached hydrogen (secondary N) is 1. The molecule has 2 heterocycles. The third-order valence-electron chi connectivity index (χ3n) is 5.07. The number of carbonyl (C=O) groups is 1. The van der Waals surface area contributed by atoms with Crippen molar-refractivity contribution >= 4 is 5.91 Å². The van der Waals surface area contributed by atoms with E-state index in [0.29, 0.717) is 0 Å². The minimum absolute atomic E-state index is 0. The van der Waals surface area contributed by atoms with Crippen molar-refractivity contribution in [2.24, 2.45) is 0 Å². The zero-order valence-electron chi connectivity index (χ0n) is 16.4. The first-order valence-electron chi connectivity index (χ1n) is 8.91. The molecule has 0 aliphatic carbocycles. The maximum absolute atomic E-state index is 11.4. The van der Waals surface area contributed by atoms with Crippen molar-refractivity contribution in [3.63, 3.8) is 0 Å². The van der Waals surface area contributed by atoms with Crippen molar-refractivity contribution in [3.05, 3.63) is 101 Å². The molecule has 0 saturated carbocycles. The third-order valence-corrected chi connectivity index (χ3v) is 5.07. The number of aromatic nitrogens is 2. The summed E-state index contributed by atoms with van der Waals surface area (Å²) in [6.07, 6.45) is 1.80. The molecule has 0 radical (unpaired) electrons. The van der Waals surface area contributed by atoms with E-state index in [9.17, 15) is 4.79 Å². The van der Waals surface area contributed by atoms with E-state index in [4.69, 9.17) is 5.73 Å². The molecule has 1 aromatic carbocycles. The van der Waals surface area contributed by atoms with Gasteiger partial charge in [0.2, 0.25) is 0 Å². The Hall–Kier alpha value is -2.32. The van der Waals surface area contributed by atoms with Crippen molar-refractivity contribution < 1.29 is 25.9 Å². The normalized spacial score (nSPS) is 11.6. The van der Waals surface area contributed by atoms with Crippen LogP contribution in [0.1, 0.15) is 60.7 Å². The SMILES string of the molecule is CC(C)(c1[c-]c(C(C)(C)c2cccc(C([NH-])=O)n2)ccc1)c1ccccn1.[Pt+2]. The number of hydrogen-bond acceptors (Lipinski definition) is 3. The Bertz CT molecular complexity index is 968. The van der Waals surface area contributed by atoms with Gasteiger partial charge in [-0.1, -0.05) is 39.8 Å². The molecular formula is C23H23N3OPt. The van der Waals surface area contributed by atoms with E-state index >= 15 is 0 Å². The summed E-state index contributed by atoms with van der Waals surface area (Å²) in [6, 6.07) is 20.8. The minimum atomic E-state index is -0.776. The predicted octanol–water partition coefficient (Wildman–Crippen LogP) is 5.12. The van der Waals surface area contributed by atoms with E-state index in [-0.39, 0.29) is 32.2 Å². The molecule has 0 saturated heterocycles. The van der Waals surface area contributed by atoms with Gasteiger partial charge in [0.15, 0.2) is 0 Å². The van der Waals surface area contributed by atoms with E-state index in [0.717, 1.165) is 22.5 Å². The average molecular weight is 553 g/mol. The van der Waals surface area contributed by atoms with Gasteiger partial charge in [-0.2, -0.15) is 35.4 Å². The van der Waals surface area contributed by atoms with Gasteiger partial charge in [0.1, 0.15) is 0 Å². The molecule has 5 heteroatoms. The molecule has 146 valence electrons. The molecular weight excluding hydrogens is 529 g/mol. The topological polar surface area (TPSA) is 66.7 Å². The third kappa shape index (κ3) is 4.23. The van der Waals surface area contributed by atoms with Crippen LogP contribution < -0.4 is 0 Å². The molecule has 0 spiro atoms. The summed E-state index contributed by atoms with van der Waals surface area (Å²) in [5.74, 6) is -0.776. The molecule has 0 aliphatic heterocycles. The van der Waals surface area contributed by atoms with E-state index < -0.39 is 11.3 Å². The Balaban J connectivity index is 0.00000280. The zero-order valence-corrected chi connectivity index (χ0v) is 18.7. The Morgan fingerprint density at radius 1 is 0.857 bits per heavy atom. The van der Waals surface area contributed by atoms with Crippen molar-refractivity contribution in [1.82, 2.24) is 9.97 Å². The fourth-order valence-electron chi connectivity index (χ4n) is 3.12. The van der Waals surface area contributed by atoms with Gasteiger partial charge in [0.25, 0.3) is 0 Å². The van der Waals surface area contributed by atoms with Crippen LogP contribution in [0.3, 0.4) is 0 Å². The van der Waals surface area contributed by atoms with E-state index in [2.05, 4.69) is 49.8 Å². The quantitative estimate of drug-likeness (QED) is 0.413. The molecule has 4 nitrogen and oxygen atoms in total. The van der Waals surface area contributed by atoms with Crippen LogP contribution in [-0.4, -0.2) is 15.9 Å². The molecule has 3 aromatic rings. The molecule has 0 aliphatic rings. The molecule has 1 amide bonds. The van der Waals surface area contributed by atoms with Gasteiger partial charge >= 0.3 is 21.1 Å². The van der Waals surface area contributed by atoms with E-state index in [1.807, 2.05) is 36.4 Å². The number of rotatable bonds is 5. The van der Waals surface area contributed by atoms with Gasteiger partial charge in [-0.05, 0) is 24.3 Å². The van der Waals surface area contributed by atoms with Crippen molar-refractivity contribution in [1.29, 1.82) is 0 Å². The molecule has 0 bridgehead atoms. The van der Waals surface area contributed by atoms with Crippen molar-refractivity contribution in [3.8, 4) is 0 Å². The molecule has 3 rings (SSSR count). The number of benzene rings is 1. The second-order valence-corrected chi connectivity index (χ2v) is 7.68. The Kier molecular flexibility index (Phi) is 6.56. The molecule has 0 fully saturated rings. The second-order valence-electron chi connectivity index (χ2n) is 7.68. The van der Waals surface area contributed by atoms with Crippen LogP contribution in [0.25, 0.3) is 5.73 Å². The zero-order chi connectivity index (χ0) is 19.7. The van der Waals surface area contributed by atoms with Gasteiger partial charge in [-0.25, -0.2) is 0 Å². The number of hydrogen-bond donors (Lipinski definition) is 0. The van der Waals surface area contributed by atoms with E-state index in [1.165, 1.54) is 0 Å². The summed E-state index contributed by atoms with van der Waals surface area (Å²) >= 11 is 0. The summed E-state index contributed by atoms with van der Waals surface area (Å²) in [5, 5.41) is 0. The predicted molar refractivity (Wildman–Crippen MR) is 107 cm³/mol. The molecule has 28 heavy (non-hydrogen) atoms. The van der Waals surface area contributed by atoms with Gasteiger partial charge in [-0.3, -0.25) is 9.97 Å². The Morgan fingerprint density at radius 2 is 1.43 bits per heavy atom. The van der Waals surface area contributed by atoms with Crippen LogP contribution in [0.2, 0.25) is 0 Å². The van der Waals surface area contributed by atoms with E-state index in [1.54, 1.807) is 18.3 Å². The van der Waals surface area contributed by atoms with Crippen molar-refractivity contribution in [2.75, 3.05) is 0 Å². The summed E-state index contributed by atoms with van der Waals surface area (Å²) in [6.45, 7) is 8.37. The largest absolute Gasteiger partial charge is 2.00 e. The maximum atomic E-state index is 11.4. The number of pyridine rings is 2. The van der Waals surface area contributed by atoms with Crippen molar-refractivity contribution in [2.45, 2.75) is 38.5 Å². The number of nitrogens with zero attached hydrogens (tertiary/aromatic N) is 2.